The van der Waals surface area contributed by atoms with Crippen LogP contribution in [0.2, 0.25) is 0 Å². The molecule has 30 heavy (non-hydrogen) atoms. The van der Waals surface area contributed by atoms with Crippen LogP contribution in [0.1, 0.15) is 17.5 Å². The zero-order valence-corrected chi connectivity index (χ0v) is 16.7. The maximum absolute atomic E-state index is 13.5. The first-order chi connectivity index (χ1) is 14.5. The molecule has 0 aliphatic carbocycles. The number of carbonyl (C=O) groups is 1. The summed E-state index contributed by atoms with van der Waals surface area (Å²) in [4.78, 5) is 26.8. The van der Waals surface area contributed by atoms with Crippen LogP contribution in [0.25, 0.3) is 11.3 Å². The van der Waals surface area contributed by atoms with Gasteiger partial charge >= 0.3 is 0 Å². The van der Waals surface area contributed by atoms with Gasteiger partial charge in [-0.2, -0.15) is 5.10 Å². The molecule has 3 aromatic rings. The van der Waals surface area contributed by atoms with Gasteiger partial charge in [-0.05, 0) is 35.7 Å². The molecule has 0 N–H and O–H groups in total. The Balaban J connectivity index is 1.48. The van der Waals surface area contributed by atoms with E-state index in [1.165, 1.54) is 35.6 Å². The standard InChI is InChI=1S/C23H22FN3O3/c1-30-21-14-18(24)6-7-19(21)20-8-9-23(29)27(25-20)13-11-22(28)26-12-10-16-4-2-3-5-17(16)15-26/h2-9,14H,10-13,15H2,1H3. The zero-order chi connectivity index (χ0) is 21.1. The number of hydrogen-bond acceptors (Lipinski definition) is 4. The van der Waals surface area contributed by atoms with E-state index in [0.29, 0.717) is 30.1 Å². The lowest BCUT2D eigenvalue weighted by atomic mass is 10.00. The average molecular weight is 407 g/mol. The maximum Gasteiger partial charge on any atom is 0.266 e. The molecule has 4 rings (SSSR count). The van der Waals surface area contributed by atoms with Crippen molar-refractivity contribution in [2.24, 2.45) is 0 Å². The summed E-state index contributed by atoms with van der Waals surface area (Å²) >= 11 is 0. The fourth-order valence-corrected chi connectivity index (χ4v) is 3.70. The number of halogens is 1. The average Bonchev–Trinajstić information content (AvgIpc) is 2.78. The molecule has 1 aromatic heterocycles. The summed E-state index contributed by atoms with van der Waals surface area (Å²) in [5.74, 6) is -0.101. The first-order valence-electron chi connectivity index (χ1n) is 9.82. The fraction of sp³-hybridized carbons (Fsp3) is 0.261. The Morgan fingerprint density at radius 1 is 1.13 bits per heavy atom. The van der Waals surface area contributed by atoms with E-state index in [2.05, 4.69) is 11.2 Å². The summed E-state index contributed by atoms with van der Waals surface area (Å²) in [6.45, 7) is 1.43. The smallest absolute Gasteiger partial charge is 0.266 e. The molecule has 2 heterocycles. The number of fused-ring (bicyclic) bond motifs is 1. The SMILES string of the molecule is COc1cc(F)ccc1-c1ccc(=O)n(CCC(=O)N2CCc3ccccc3C2)n1. The van der Waals surface area contributed by atoms with Crippen LogP contribution in [0.5, 0.6) is 5.75 Å². The summed E-state index contributed by atoms with van der Waals surface area (Å²) in [6, 6.07) is 15.2. The van der Waals surface area contributed by atoms with E-state index in [1.54, 1.807) is 12.1 Å². The molecule has 0 atom stereocenters. The molecule has 0 fully saturated rings. The highest BCUT2D eigenvalue weighted by Gasteiger charge is 2.20. The van der Waals surface area contributed by atoms with Gasteiger partial charge in [0.2, 0.25) is 5.91 Å². The van der Waals surface area contributed by atoms with Crippen molar-refractivity contribution in [3.63, 3.8) is 0 Å². The van der Waals surface area contributed by atoms with Crippen LogP contribution in [0.15, 0.2) is 59.4 Å². The number of methoxy groups -OCH3 is 1. The second-order valence-electron chi connectivity index (χ2n) is 7.21. The third kappa shape index (κ3) is 4.10. The van der Waals surface area contributed by atoms with Gasteiger partial charge in [-0.1, -0.05) is 24.3 Å². The maximum atomic E-state index is 13.5. The minimum atomic E-state index is -0.419. The summed E-state index contributed by atoms with van der Waals surface area (Å²) < 4.78 is 20.0. The normalized spacial score (nSPS) is 13.1. The predicted molar refractivity (Wildman–Crippen MR) is 111 cm³/mol. The summed E-state index contributed by atoms with van der Waals surface area (Å²) in [7, 11) is 1.45. The van der Waals surface area contributed by atoms with E-state index in [-0.39, 0.29) is 24.4 Å². The van der Waals surface area contributed by atoms with E-state index >= 15 is 0 Å². The number of ether oxygens (including phenoxy) is 1. The minimum Gasteiger partial charge on any atom is -0.496 e. The molecule has 1 aliphatic rings. The number of aromatic nitrogens is 2. The lowest BCUT2D eigenvalue weighted by Gasteiger charge is -2.29. The highest BCUT2D eigenvalue weighted by Crippen LogP contribution is 2.28. The minimum absolute atomic E-state index is 0.0111. The van der Waals surface area contributed by atoms with Crippen molar-refractivity contribution in [3.05, 3.63) is 81.9 Å². The van der Waals surface area contributed by atoms with Crippen molar-refractivity contribution >= 4 is 5.91 Å². The van der Waals surface area contributed by atoms with Crippen LogP contribution in [0.4, 0.5) is 4.39 Å². The summed E-state index contributed by atoms with van der Waals surface area (Å²) in [5, 5.41) is 4.36. The van der Waals surface area contributed by atoms with E-state index < -0.39 is 5.82 Å². The van der Waals surface area contributed by atoms with Gasteiger partial charge in [0, 0.05) is 37.2 Å². The summed E-state index contributed by atoms with van der Waals surface area (Å²) in [6.07, 6.45) is 1.01. The van der Waals surface area contributed by atoms with Crippen molar-refractivity contribution in [1.82, 2.24) is 14.7 Å². The van der Waals surface area contributed by atoms with Gasteiger partial charge in [-0.15, -0.1) is 0 Å². The van der Waals surface area contributed by atoms with Crippen molar-refractivity contribution in [3.8, 4) is 17.0 Å². The van der Waals surface area contributed by atoms with Gasteiger partial charge in [0.15, 0.2) is 0 Å². The molecule has 0 spiro atoms. The number of aryl methyl sites for hydroxylation is 1. The van der Waals surface area contributed by atoms with Crippen molar-refractivity contribution in [1.29, 1.82) is 0 Å². The van der Waals surface area contributed by atoms with Gasteiger partial charge < -0.3 is 9.64 Å². The molecule has 6 nitrogen and oxygen atoms in total. The largest absolute Gasteiger partial charge is 0.496 e. The molecule has 0 saturated carbocycles. The molecule has 1 aliphatic heterocycles. The molecule has 1 amide bonds. The Labute approximate surface area is 173 Å². The molecule has 0 unspecified atom stereocenters. The second-order valence-corrected chi connectivity index (χ2v) is 7.21. The predicted octanol–water partition coefficient (Wildman–Crippen LogP) is 3.03. The Bertz CT molecular complexity index is 1140. The van der Waals surface area contributed by atoms with Gasteiger partial charge in [-0.25, -0.2) is 9.07 Å². The van der Waals surface area contributed by atoms with Crippen molar-refractivity contribution < 1.29 is 13.9 Å². The molecule has 0 bridgehead atoms. The van der Waals surface area contributed by atoms with E-state index in [0.717, 1.165) is 12.0 Å². The number of amides is 1. The number of nitrogens with zero attached hydrogens (tertiary/aromatic N) is 3. The molecule has 0 saturated heterocycles. The molecule has 7 heteroatoms. The van der Waals surface area contributed by atoms with E-state index in [4.69, 9.17) is 4.74 Å². The molecule has 0 radical (unpaired) electrons. The molecule has 2 aromatic carbocycles. The number of benzene rings is 2. The van der Waals surface area contributed by atoms with Crippen molar-refractivity contribution in [2.45, 2.75) is 25.9 Å². The van der Waals surface area contributed by atoms with Crippen LogP contribution < -0.4 is 10.3 Å². The van der Waals surface area contributed by atoms with Crippen LogP contribution in [-0.4, -0.2) is 34.2 Å². The lowest BCUT2D eigenvalue weighted by molar-refractivity contribution is -0.132. The number of hydrogen-bond donors (Lipinski definition) is 0. The van der Waals surface area contributed by atoms with Gasteiger partial charge in [0.1, 0.15) is 11.6 Å². The van der Waals surface area contributed by atoms with E-state index in [9.17, 15) is 14.0 Å². The lowest BCUT2D eigenvalue weighted by Crippen LogP contribution is -2.37. The first kappa shape index (κ1) is 19.8. The second kappa shape index (κ2) is 8.49. The van der Waals surface area contributed by atoms with Gasteiger partial charge in [-0.3, -0.25) is 9.59 Å². The fourth-order valence-electron chi connectivity index (χ4n) is 3.70. The van der Waals surface area contributed by atoms with Crippen LogP contribution >= 0.6 is 0 Å². The van der Waals surface area contributed by atoms with Gasteiger partial charge in [0.05, 0.1) is 19.3 Å². The summed E-state index contributed by atoms with van der Waals surface area (Å²) in [5.41, 5.74) is 3.20. The molecule has 154 valence electrons. The highest BCUT2D eigenvalue weighted by molar-refractivity contribution is 5.76. The monoisotopic (exact) mass is 407 g/mol. The number of rotatable bonds is 5. The Morgan fingerprint density at radius 3 is 2.73 bits per heavy atom. The van der Waals surface area contributed by atoms with Crippen LogP contribution in [-0.2, 0) is 24.3 Å². The Hall–Kier alpha value is -3.48. The molecular weight excluding hydrogens is 385 g/mol. The highest BCUT2D eigenvalue weighted by atomic mass is 19.1. The van der Waals surface area contributed by atoms with Crippen LogP contribution in [0.3, 0.4) is 0 Å². The van der Waals surface area contributed by atoms with Crippen LogP contribution in [0, 0.1) is 5.82 Å². The zero-order valence-electron chi connectivity index (χ0n) is 16.7. The third-order valence-electron chi connectivity index (χ3n) is 5.33. The Kier molecular flexibility index (Phi) is 5.61. The van der Waals surface area contributed by atoms with Crippen molar-refractivity contribution in [2.75, 3.05) is 13.7 Å². The molecular formula is C23H22FN3O3. The van der Waals surface area contributed by atoms with Gasteiger partial charge in [0.25, 0.3) is 5.56 Å². The number of carbonyl (C=O) groups excluding carboxylic acids is 1. The third-order valence-corrected chi connectivity index (χ3v) is 5.33. The first-order valence-corrected chi connectivity index (χ1v) is 9.82. The Morgan fingerprint density at radius 2 is 1.93 bits per heavy atom. The quantitative estimate of drug-likeness (QED) is 0.652. The topological polar surface area (TPSA) is 64.4 Å². The van der Waals surface area contributed by atoms with E-state index in [1.807, 2.05) is 23.1 Å².